The number of nitro groups is 1. The Bertz CT molecular complexity index is 788. The van der Waals surface area contributed by atoms with E-state index in [1.54, 1.807) is 18.3 Å². The van der Waals surface area contributed by atoms with E-state index >= 15 is 0 Å². The average molecular weight is 265 g/mol. The highest BCUT2D eigenvalue weighted by Crippen LogP contribution is 2.20. The Morgan fingerprint density at radius 3 is 2.65 bits per heavy atom. The van der Waals surface area contributed by atoms with E-state index < -0.39 is 4.92 Å². The number of hydrogen-bond acceptors (Lipinski definition) is 3. The molecule has 3 rings (SSSR count). The van der Waals surface area contributed by atoms with Gasteiger partial charge in [-0.15, -0.1) is 0 Å². The van der Waals surface area contributed by atoms with E-state index in [2.05, 4.69) is 9.98 Å². The maximum absolute atomic E-state index is 10.6. The van der Waals surface area contributed by atoms with Gasteiger partial charge < -0.3 is 4.98 Å². The van der Waals surface area contributed by atoms with Gasteiger partial charge in [0.05, 0.1) is 10.6 Å². The van der Waals surface area contributed by atoms with E-state index in [9.17, 15) is 10.1 Å². The molecule has 1 heterocycles. The summed E-state index contributed by atoms with van der Waals surface area (Å²) >= 11 is 0. The van der Waals surface area contributed by atoms with Gasteiger partial charge in [0, 0.05) is 30.1 Å². The van der Waals surface area contributed by atoms with Crippen molar-refractivity contribution >= 4 is 28.5 Å². The number of hydrogen-bond donors (Lipinski definition) is 1. The summed E-state index contributed by atoms with van der Waals surface area (Å²) in [5.41, 5.74) is 2.76. The molecule has 2 aromatic carbocycles. The number of nitrogens with zero attached hydrogens (tertiary/aromatic N) is 2. The van der Waals surface area contributed by atoms with Crippen LogP contribution in [0.3, 0.4) is 0 Å². The number of nitrogens with one attached hydrogen (secondary N) is 1. The van der Waals surface area contributed by atoms with Crippen LogP contribution in [0.2, 0.25) is 0 Å². The predicted molar refractivity (Wildman–Crippen MR) is 78.6 cm³/mol. The molecule has 0 radical (unpaired) electrons. The van der Waals surface area contributed by atoms with Crippen molar-refractivity contribution < 1.29 is 4.92 Å². The van der Waals surface area contributed by atoms with E-state index in [1.165, 1.54) is 12.1 Å². The molecule has 1 N–H and O–H groups in total. The van der Waals surface area contributed by atoms with Crippen molar-refractivity contribution in [3.63, 3.8) is 0 Å². The molecule has 0 saturated carbocycles. The van der Waals surface area contributed by atoms with Crippen LogP contribution in [-0.4, -0.2) is 16.1 Å². The normalized spacial score (nSPS) is 11.2. The van der Waals surface area contributed by atoms with Gasteiger partial charge in [0.2, 0.25) is 0 Å². The molecule has 98 valence electrons. The van der Waals surface area contributed by atoms with Crippen molar-refractivity contribution in [2.45, 2.75) is 0 Å². The second kappa shape index (κ2) is 4.97. The summed E-state index contributed by atoms with van der Waals surface area (Å²) in [6, 6.07) is 14.2. The Kier molecular flexibility index (Phi) is 3.01. The highest BCUT2D eigenvalue weighted by molar-refractivity contribution is 5.86. The minimum Gasteiger partial charge on any atom is -0.361 e. The summed E-state index contributed by atoms with van der Waals surface area (Å²) < 4.78 is 0. The summed E-state index contributed by atoms with van der Waals surface area (Å²) in [7, 11) is 0. The lowest BCUT2D eigenvalue weighted by Gasteiger charge is -1.96. The third-order valence-electron chi connectivity index (χ3n) is 3.01. The van der Waals surface area contributed by atoms with Crippen LogP contribution in [0.1, 0.15) is 5.56 Å². The Hall–Kier alpha value is -2.95. The van der Waals surface area contributed by atoms with Gasteiger partial charge in [0.25, 0.3) is 5.69 Å². The lowest BCUT2D eigenvalue weighted by Crippen LogP contribution is -1.88. The molecule has 5 nitrogen and oxygen atoms in total. The Balaban J connectivity index is 1.83. The number of fused-ring (bicyclic) bond motifs is 1. The number of rotatable bonds is 3. The third-order valence-corrected chi connectivity index (χ3v) is 3.01. The molecule has 0 atom stereocenters. The molecule has 0 spiro atoms. The lowest BCUT2D eigenvalue weighted by atomic mass is 10.2. The molecular weight excluding hydrogens is 254 g/mol. The molecule has 0 saturated heterocycles. The van der Waals surface area contributed by atoms with Crippen molar-refractivity contribution in [3.8, 4) is 0 Å². The largest absolute Gasteiger partial charge is 0.361 e. The number of aromatic nitrogens is 1. The van der Waals surface area contributed by atoms with Gasteiger partial charge in [-0.3, -0.25) is 15.1 Å². The maximum Gasteiger partial charge on any atom is 0.269 e. The van der Waals surface area contributed by atoms with Crippen molar-refractivity contribution in [1.82, 2.24) is 4.98 Å². The first-order valence-electron chi connectivity index (χ1n) is 6.08. The number of aromatic amines is 1. The molecular formula is C15H11N3O2. The average Bonchev–Trinajstić information content (AvgIpc) is 2.93. The lowest BCUT2D eigenvalue weighted by molar-refractivity contribution is -0.384. The van der Waals surface area contributed by atoms with Crippen LogP contribution >= 0.6 is 0 Å². The number of benzene rings is 2. The predicted octanol–water partition coefficient (Wildman–Crippen LogP) is 3.83. The zero-order chi connectivity index (χ0) is 13.9. The summed E-state index contributed by atoms with van der Waals surface area (Å²) in [6.45, 7) is 0. The fourth-order valence-corrected chi connectivity index (χ4v) is 1.95. The molecule has 3 aromatic rings. The zero-order valence-electron chi connectivity index (χ0n) is 10.5. The second-order valence-electron chi connectivity index (χ2n) is 4.36. The van der Waals surface area contributed by atoms with Gasteiger partial charge >= 0.3 is 0 Å². The molecule has 0 amide bonds. The SMILES string of the molecule is O=[N+]([O-])c1ccc(C=Nc2ccc3cc[nH]c3c2)cc1. The minimum atomic E-state index is -0.417. The summed E-state index contributed by atoms with van der Waals surface area (Å²) in [5, 5.41) is 11.7. The molecule has 1 aromatic heterocycles. The first-order valence-corrected chi connectivity index (χ1v) is 6.08. The van der Waals surface area contributed by atoms with E-state index in [-0.39, 0.29) is 5.69 Å². The van der Waals surface area contributed by atoms with Gasteiger partial charge in [0.1, 0.15) is 0 Å². The van der Waals surface area contributed by atoms with Crippen molar-refractivity contribution in [1.29, 1.82) is 0 Å². The van der Waals surface area contributed by atoms with Crippen molar-refractivity contribution in [3.05, 3.63) is 70.4 Å². The summed E-state index contributed by atoms with van der Waals surface area (Å²) in [5.74, 6) is 0. The maximum atomic E-state index is 10.6. The molecule has 0 aliphatic rings. The van der Waals surface area contributed by atoms with Gasteiger partial charge in [-0.1, -0.05) is 6.07 Å². The Morgan fingerprint density at radius 1 is 1.10 bits per heavy atom. The van der Waals surface area contributed by atoms with E-state index in [1.807, 2.05) is 30.5 Å². The van der Waals surface area contributed by atoms with Crippen molar-refractivity contribution in [2.75, 3.05) is 0 Å². The Labute approximate surface area is 114 Å². The number of non-ortho nitro benzene ring substituents is 1. The Morgan fingerprint density at radius 2 is 1.90 bits per heavy atom. The van der Waals surface area contributed by atoms with E-state index in [0.29, 0.717) is 0 Å². The van der Waals surface area contributed by atoms with Crippen LogP contribution < -0.4 is 0 Å². The molecule has 20 heavy (non-hydrogen) atoms. The van der Waals surface area contributed by atoms with Crippen LogP contribution in [-0.2, 0) is 0 Å². The fourth-order valence-electron chi connectivity index (χ4n) is 1.95. The van der Waals surface area contributed by atoms with Gasteiger partial charge in [-0.25, -0.2) is 0 Å². The summed E-state index contributed by atoms with van der Waals surface area (Å²) in [6.07, 6.45) is 3.57. The van der Waals surface area contributed by atoms with Gasteiger partial charge in [-0.2, -0.15) is 0 Å². The van der Waals surface area contributed by atoms with Crippen molar-refractivity contribution in [2.24, 2.45) is 4.99 Å². The zero-order valence-corrected chi connectivity index (χ0v) is 10.5. The van der Waals surface area contributed by atoms with Crippen LogP contribution in [0.25, 0.3) is 10.9 Å². The van der Waals surface area contributed by atoms with Gasteiger partial charge in [-0.05, 0) is 41.3 Å². The van der Waals surface area contributed by atoms with E-state index in [0.717, 1.165) is 22.2 Å². The van der Waals surface area contributed by atoms with Crippen LogP contribution in [0.5, 0.6) is 0 Å². The molecule has 0 unspecified atom stereocenters. The molecule has 0 aliphatic carbocycles. The molecule has 5 heteroatoms. The topological polar surface area (TPSA) is 71.3 Å². The molecule has 0 bridgehead atoms. The van der Waals surface area contributed by atoms with E-state index in [4.69, 9.17) is 0 Å². The number of aliphatic imine (C=N–C) groups is 1. The standard InChI is InChI=1S/C15H11N3O2/c19-18(20)14-5-1-11(2-6-14)10-17-13-4-3-12-7-8-16-15(12)9-13/h1-10,16H. The number of nitro benzene ring substituents is 1. The molecule has 0 fully saturated rings. The van der Waals surface area contributed by atoms with Crippen LogP contribution in [0.4, 0.5) is 11.4 Å². The highest BCUT2D eigenvalue weighted by Gasteiger charge is 2.02. The summed E-state index contributed by atoms with van der Waals surface area (Å²) in [4.78, 5) is 17.6. The van der Waals surface area contributed by atoms with Crippen LogP contribution in [0.15, 0.2) is 59.7 Å². The van der Waals surface area contributed by atoms with Gasteiger partial charge in [0.15, 0.2) is 0 Å². The second-order valence-corrected chi connectivity index (χ2v) is 4.36. The fraction of sp³-hybridized carbons (Fsp3) is 0. The monoisotopic (exact) mass is 265 g/mol. The van der Waals surface area contributed by atoms with Crippen LogP contribution in [0, 0.1) is 10.1 Å². The first-order chi connectivity index (χ1) is 9.72. The number of H-pyrrole nitrogens is 1. The first kappa shape index (κ1) is 12.1. The highest BCUT2D eigenvalue weighted by atomic mass is 16.6. The minimum absolute atomic E-state index is 0.0787. The smallest absolute Gasteiger partial charge is 0.269 e. The third kappa shape index (κ3) is 2.42. The quantitative estimate of drug-likeness (QED) is 0.444. The molecule has 0 aliphatic heterocycles.